The zero-order valence-corrected chi connectivity index (χ0v) is 39.2. The summed E-state index contributed by atoms with van der Waals surface area (Å²) in [6.07, 6.45) is 0. The number of aromatic nitrogens is 2. The van der Waals surface area contributed by atoms with Gasteiger partial charge in [-0.25, -0.2) is 0 Å². The summed E-state index contributed by atoms with van der Waals surface area (Å²) in [6, 6.07) is 80.9. The van der Waals surface area contributed by atoms with Crippen molar-refractivity contribution in [2.45, 2.75) is 0 Å². The van der Waals surface area contributed by atoms with Gasteiger partial charge in [0.05, 0.1) is 103 Å². The lowest BCUT2D eigenvalue weighted by atomic mass is 9.96. The summed E-state index contributed by atoms with van der Waals surface area (Å²) < 4.78 is 4.51. The van der Waals surface area contributed by atoms with Crippen molar-refractivity contribution in [2.24, 2.45) is 0 Å². The molecule has 0 atom stereocenters. The molecule has 0 saturated heterocycles. The fourth-order valence-corrected chi connectivity index (χ4v) is 10.2. The third kappa shape index (κ3) is 7.44. The zero-order valence-electron chi connectivity index (χ0n) is 39.2. The molecule has 10 aromatic carbocycles. The minimum atomic E-state index is 0.401. The summed E-state index contributed by atoms with van der Waals surface area (Å²) in [7, 11) is 0. The summed E-state index contributed by atoms with van der Waals surface area (Å²) in [5, 5.41) is 64.0. The highest BCUT2D eigenvalue weighted by Crippen LogP contribution is 2.44. The van der Waals surface area contributed by atoms with Gasteiger partial charge >= 0.3 is 0 Å². The van der Waals surface area contributed by atoms with E-state index in [0.29, 0.717) is 50.2 Å². The van der Waals surface area contributed by atoms with Crippen LogP contribution in [0.15, 0.2) is 206 Å². The molecule has 0 radical (unpaired) electrons. The molecule has 0 amide bonds. The van der Waals surface area contributed by atoms with Crippen LogP contribution in [0, 0.1) is 68.0 Å². The van der Waals surface area contributed by atoms with Crippen molar-refractivity contribution in [2.75, 3.05) is 0 Å². The smallest absolute Gasteiger partial charge is 0.0998 e. The SMILES string of the molecule is N#Cc1ccc(-c2ccc3c4ccc(-c5ccc(C#N)cc5)cc4n(-c4cc(C#N)c(-c5cccc(C#N)c5)cc4-n4c5cc(-c6ccc(C#N)cc6)ccc5c5ccc(-c6ccc(C#N)cc6)cc54)c3c2)cc1. The molecule has 2 heterocycles. The lowest BCUT2D eigenvalue weighted by Crippen LogP contribution is -2.06. The fourth-order valence-electron chi connectivity index (χ4n) is 10.2. The lowest BCUT2D eigenvalue weighted by molar-refractivity contribution is 1.09. The first-order valence-corrected chi connectivity index (χ1v) is 23.6. The molecule has 0 N–H and O–H groups in total. The molecule has 0 aliphatic carbocycles. The van der Waals surface area contributed by atoms with Gasteiger partial charge in [0, 0.05) is 27.1 Å². The molecular weight excluding hydrogens is 905 g/mol. The lowest BCUT2D eigenvalue weighted by Gasteiger charge is -2.20. The van der Waals surface area contributed by atoms with E-state index in [1.807, 2.05) is 121 Å². The number of benzene rings is 10. The Morgan fingerprint density at radius 3 is 0.865 bits per heavy atom. The van der Waals surface area contributed by atoms with Crippen molar-refractivity contribution < 1.29 is 0 Å². The Labute approximate surface area is 425 Å². The second-order valence-corrected chi connectivity index (χ2v) is 18.0. The normalized spacial score (nSPS) is 10.9. The third-order valence-electron chi connectivity index (χ3n) is 13.9. The topological polar surface area (TPSA) is 153 Å². The van der Waals surface area contributed by atoms with Crippen LogP contribution in [0.2, 0.25) is 0 Å². The number of nitriles is 6. The molecule has 8 heteroatoms. The first kappa shape index (κ1) is 44.0. The molecule has 74 heavy (non-hydrogen) atoms. The van der Waals surface area contributed by atoms with Gasteiger partial charge in [0.1, 0.15) is 0 Å². The average molecular weight is 939 g/mol. The van der Waals surface area contributed by atoms with Gasteiger partial charge in [-0.05, 0) is 147 Å². The number of nitrogens with zero attached hydrogens (tertiary/aromatic N) is 8. The number of hydrogen-bond donors (Lipinski definition) is 0. The Balaban J connectivity index is 1.24. The zero-order chi connectivity index (χ0) is 50.5. The standard InChI is InChI=1S/C66H34N8/c67-35-41-4-12-46(13-5-41)50-20-24-56-57-25-21-51(47-14-6-42(36-68)7-15-47)30-62(57)73(61(56)29-50)65-33-55(40-72)60(54-3-1-2-45(28-54)39-71)34-66(65)74-63-31-52(48-16-8-43(37-69)9-17-48)22-26-58(63)59-27-23-53(32-64(59)74)49-18-10-44(38-70)11-19-49/h1-34H. The Kier molecular flexibility index (Phi) is 10.7. The minimum absolute atomic E-state index is 0.401. The van der Waals surface area contributed by atoms with Gasteiger partial charge < -0.3 is 9.13 Å². The van der Waals surface area contributed by atoms with Gasteiger partial charge in [-0.15, -0.1) is 0 Å². The average Bonchev–Trinajstić information content (AvgIpc) is 3.97. The summed E-state index contributed by atoms with van der Waals surface area (Å²) in [4.78, 5) is 0. The van der Waals surface area contributed by atoms with Crippen LogP contribution in [-0.2, 0) is 0 Å². The summed E-state index contributed by atoms with van der Waals surface area (Å²) in [5.41, 5.74) is 16.9. The second kappa shape index (κ2) is 17.9. The Hall–Kier alpha value is -11.3. The van der Waals surface area contributed by atoms with E-state index in [9.17, 15) is 31.6 Å². The van der Waals surface area contributed by atoms with Crippen LogP contribution in [0.1, 0.15) is 33.4 Å². The molecule has 338 valence electrons. The van der Waals surface area contributed by atoms with E-state index < -0.39 is 0 Å². The van der Waals surface area contributed by atoms with Crippen molar-refractivity contribution in [3.05, 3.63) is 240 Å². The van der Waals surface area contributed by atoms with E-state index in [-0.39, 0.29) is 0 Å². The van der Waals surface area contributed by atoms with Gasteiger partial charge in [-0.2, -0.15) is 31.6 Å². The summed E-state index contributed by atoms with van der Waals surface area (Å²) in [5.74, 6) is 0. The Morgan fingerprint density at radius 1 is 0.243 bits per heavy atom. The largest absolute Gasteiger partial charge is 0.307 e. The number of fused-ring (bicyclic) bond motifs is 6. The van der Waals surface area contributed by atoms with Crippen LogP contribution >= 0.6 is 0 Å². The van der Waals surface area contributed by atoms with Crippen LogP contribution in [0.5, 0.6) is 0 Å². The molecular formula is C66H34N8. The number of rotatable bonds is 7. The molecule has 8 nitrogen and oxygen atoms in total. The van der Waals surface area contributed by atoms with Crippen molar-refractivity contribution in [3.63, 3.8) is 0 Å². The molecule has 0 aliphatic rings. The minimum Gasteiger partial charge on any atom is -0.307 e. The van der Waals surface area contributed by atoms with Crippen LogP contribution in [0.25, 0.3) is 111 Å². The monoisotopic (exact) mass is 938 g/mol. The number of hydrogen-bond acceptors (Lipinski definition) is 6. The molecule has 0 spiro atoms. The van der Waals surface area contributed by atoms with E-state index >= 15 is 0 Å². The highest BCUT2D eigenvalue weighted by atomic mass is 15.1. The molecule has 0 saturated carbocycles. The molecule has 12 rings (SSSR count). The predicted molar refractivity (Wildman–Crippen MR) is 291 cm³/mol. The van der Waals surface area contributed by atoms with Crippen LogP contribution in [-0.4, -0.2) is 9.13 Å². The maximum Gasteiger partial charge on any atom is 0.0998 e. The van der Waals surface area contributed by atoms with Gasteiger partial charge in [-0.3, -0.25) is 0 Å². The molecule has 0 unspecified atom stereocenters. The van der Waals surface area contributed by atoms with E-state index in [4.69, 9.17) is 0 Å². The highest BCUT2D eigenvalue weighted by molar-refractivity contribution is 6.14. The second-order valence-electron chi connectivity index (χ2n) is 18.0. The van der Waals surface area contributed by atoms with Crippen molar-refractivity contribution in [1.29, 1.82) is 31.6 Å². The molecule has 0 aliphatic heterocycles. The van der Waals surface area contributed by atoms with Gasteiger partial charge in [0.2, 0.25) is 0 Å². The van der Waals surface area contributed by atoms with Crippen molar-refractivity contribution in [3.8, 4) is 103 Å². The van der Waals surface area contributed by atoms with Gasteiger partial charge in [0.25, 0.3) is 0 Å². The molecule has 0 bridgehead atoms. The van der Waals surface area contributed by atoms with Crippen LogP contribution in [0.4, 0.5) is 0 Å². The summed E-state index contributed by atoms with van der Waals surface area (Å²) >= 11 is 0. The van der Waals surface area contributed by atoms with Gasteiger partial charge in [-0.1, -0.05) is 109 Å². The predicted octanol–water partition coefficient (Wildman–Crippen LogP) is 15.4. The fraction of sp³-hybridized carbons (Fsp3) is 0. The van der Waals surface area contributed by atoms with Crippen molar-refractivity contribution in [1.82, 2.24) is 9.13 Å². The quantitative estimate of drug-likeness (QED) is 0.155. The molecule has 2 aromatic heterocycles. The van der Waals surface area contributed by atoms with E-state index in [0.717, 1.165) is 93.8 Å². The third-order valence-corrected chi connectivity index (χ3v) is 13.9. The molecule has 0 fully saturated rings. The highest BCUT2D eigenvalue weighted by Gasteiger charge is 2.24. The Bertz CT molecular complexity index is 4340. The van der Waals surface area contributed by atoms with Crippen LogP contribution in [0.3, 0.4) is 0 Å². The van der Waals surface area contributed by atoms with E-state index in [1.165, 1.54) is 0 Å². The van der Waals surface area contributed by atoms with Crippen LogP contribution < -0.4 is 0 Å². The van der Waals surface area contributed by atoms with Gasteiger partial charge in [0.15, 0.2) is 0 Å². The first-order valence-electron chi connectivity index (χ1n) is 23.6. The van der Waals surface area contributed by atoms with Crippen molar-refractivity contribution >= 4 is 43.6 Å². The first-order chi connectivity index (χ1) is 36.4. The van der Waals surface area contributed by atoms with E-state index in [1.54, 1.807) is 6.07 Å². The van der Waals surface area contributed by atoms with E-state index in [2.05, 4.69) is 124 Å². The molecule has 12 aromatic rings. The Morgan fingerprint density at radius 2 is 0.554 bits per heavy atom. The summed E-state index contributed by atoms with van der Waals surface area (Å²) in [6.45, 7) is 0. The maximum absolute atomic E-state index is 11.3. The maximum atomic E-state index is 11.3.